The molecule has 7 nitrogen and oxygen atoms in total. The van der Waals surface area contributed by atoms with Gasteiger partial charge in [0.15, 0.2) is 11.5 Å². The molecule has 8 aromatic carbocycles. The maximum Gasteiger partial charge on any atom is 0.206 e. The second-order valence-corrected chi connectivity index (χ2v) is 14.2. The summed E-state index contributed by atoms with van der Waals surface area (Å²) in [5.41, 5.74) is 8.99. The van der Waals surface area contributed by atoms with E-state index in [0.29, 0.717) is 21.9 Å². The van der Waals surface area contributed by atoms with Crippen molar-refractivity contribution < 1.29 is 24.8 Å². The molecule has 10 aromatic rings. The number of nitrogens with zero attached hydrogens (tertiary/aromatic N) is 1. The van der Waals surface area contributed by atoms with Crippen LogP contribution in [0.3, 0.4) is 0 Å². The summed E-state index contributed by atoms with van der Waals surface area (Å²) in [5, 5.41) is 51.6. The maximum absolute atomic E-state index is 11.3. The Morgan fingerprint density at radius 3 is 1.91 bits per heavy atom. The van der Waals surface area contributed by atoms with Gasteiger partial charge in [0.2, 0.25) is 11.5 Å². The lowest BCUT2D eigenvalue weighted by Gasteiger charge is -2.19. The molecular formula is C48H31ClN2O5. The fourth-order valence-corrected chi connectivity index (χ4v) is 8.15. The largest absolute Gasteiger partial charge is 0.504 e. The molecule has 8 heteroatoms. The molecule has 0 spiro atoms. The third kappa shape index (κ3) is 5.21. The van der Waals surface area contributed by atoms with Crippen molar-refractivity contribution in [2.45, 2.75) is 0 Å². The highest BCUT2D eigenvalue weighted by Gasteiger charge is 2.26. The van der Waals surface area contributed by atoms with Gasteiger partial charge in [0.1, 0.15) is 11.2 Å². The van der Waals surface area contributed by atoms with Crippen LogP contribution in [0.25, 0.3) is 82.8 Å². The number of anilines is 2. The first-order chi connectivity index (χ1) is 27.4. The topological polar surface area (TPSA) is 111 Å². The number of halogens is 1. The summed E-state index contributed by atoms with van der Waals surface area (Å²) in [6, 6.07) is 51.3. The number of phenolic OH excluding ortho intramolecular Hbond substituents is 4. The van der Waals surface area contributed by atoms with Crippen LogP contribution in [-0.2, 0) is 0 Å². The fraction of sp³-hybridized carbons (Fsp3) is 0. The van der Waals surface area contributed by atoms with E-state index in [1.54, 1.807) is 18.2 Å². The number of rotatable bonds is 6. The number of para-hydroxylation sites is 3. The Balaban J connectivity index is 1.18. The zero-order chi connectivity index (χ0) is 38.1. The van der Waals surface area contributed by atoms with Gasteiger partial charge in [-0.2, -0.15) is 0 Å². The average molecular weight is 751 g/mol. The minimum atomic E-state index is -0.860. The zero-order valence-electron chi connectivity index (χ0n) is 29.5. The molecule has 270 valence electrons. The molecular weight excluding hydrogens is 720 g/mol. The standard InChI is InChI=1S/C48H31ClN2O5/c49-31-23-30(24-32(25-31)50-42-40(44(52)46(54)47(55)45(42)53)29-21-19-28(20-22-29)27-11-3-1-4-12-27)36-26-37-34-15-7-9-17-38(34)51(33-13-5-2-6-14-33)43(37)41-35-16-8-10-18-39(35)56-48(36)41/h1-26,50,52-55H. The van der Waals surface area contributed by atoms with Gasteiger partial charge in [-0.1, -0.05) is 121 Å². The molecule has 0 unspecified atom stereocenters. The molecule has 2 heterocycles. The third-order valence-corrected chi connectivity index (χ3v) is 10.7. The highest BCUT2D eigenvalue weighted by Crippen LogP contribution is 2.55. The molecule has 0 aliphatic carbocycles. The van der Waals surface area contributed by atoms with Gasteiger partial charge in [0.05, 0.1) is 27.7 Å². The van der Waals surface area contributed by atoms with E-state index in [-0.39, 0.29) is 11.3 Å². The van der Waals surface area contributed by atoms with E-state index in [0.717, 1.165) is 66.1 Å². The van der Waals surface area contributed by atoms with Crippen molar-refractivity contribution in [3.05, 3.63) is 163 Å². The van der Waals surface area contributed by atoms with E-state index in [9.17, 15) is 20.4 Å². The molecule has 0 saturated heterocycles. The van der Waals surface area contributed by atoms with Crippen molar-refractivity contribution in [3.8, 4) is 62.1 Å². The molecule has 0 aliphatic rings. The number of furan rings is 1. The lowest BCUT2D eigenvalue weighted by molar-refractivity contribution is 0.348. The predicted molar refractivity (Wildman–Crippen MR) is 226 cm³/mol. The highest BCUT2D eigenvalue weighted by atomic mass is 35.5. The Hall–Kier alpha value is -7.35. The highest BCUT2D eigenvalue weighted by molar-refractivity contribution is 6.32. The molecule has 2 aromatic heterocycles. The lowest BCUT2D eigenvalue weighted by atomic mass is 9.96. The van der Waals surface area contributed by atoms with Gasteiger partial charge < -0.3 is 34.7 Å². The van der Waals surface area contributed by atoms with E-state index < -0.39 is 23.0 Å². The number of benzene rings is 8. The Labute approximate surface area is 325 Å². The molecule has 0 fully saturated rings. The van der Waals surface area contributed by atoms with Gasteiger partial charge in [-0.25, -0.2) is 0 Å². The smallest absolute Gasteiger partial charge is 0.206 e. The van der Waals surface area contributed by atoms with Crippen LogP contribution in [0.15, 0.2) is 162 Å². The van der Waals surface area contributed by atoms with Crippen LogP contribution in [0, 0.1) is 0 Å². The molecule has 0 bridgehead atoms. The van der Waals surface area contributed by atoms with Gasteiger partial charge in [0, 0.05) is 38.1 Å². The van der Waals surface area contributed by atoms with Crippen molar-refractivity contribution in [2.24, 2.45) is 0 Å². The van der Waals surface area contributed by atoms with Crippen molar-refractivity contribution in [3.63, 3.8) is 0 Å². The average Bonchev–Trinajstić information content (AvgIpc) is 3.78. The predicted octanol–water partition coefficient (Wildman–Crippen LogP) is 12.9. The summed E-state index contributed by atoms with van der Waals surface area (Å²) in [4.78, 5) is 0. The second kappa shape index (κ2) is 12.9. The molecule has 56 heavy (non-hydrogen) atoms. The van der Waals surface area contributed by atoms with Crippen molar-refractivity contribution in [1.82, 2.24) is 4.57 Å². The minimum absolute atomic E-state index is 0.0197. The quantitative estimate of drug-likeness (QED) is 0.0855. The molecule has 10 rings (SSSR count). The summed E-state index contributed by atoms with van der Waals surface area (Å²) in [7, 11) is 0. The van der Waals surface area contributed by atoms with Crippen LogP contribution in [0.5, 0.6) is 23.0 Å². The number of phenols is 4. The summed E-state index contributed by atoms with van der Waals surface area (Å²) in [5.74, 6) is -2.93. The normalized spacial score (nSPS) is 11.6. The number of nitrogens with one attached hydrogen (secondary N) is 1. The third-order valence-electron chi connectivity index (χ3n) is 10.4. The van der Waals surface area contributed by atoms with Gasteiger partial charge in [-0.15, -0.1) is 0 Å². The number of aromatic nitrogens is 1. The monoisotopic (exact) mass is 750 g/mol. The Morgan fingerprint density at radius 2 is 1.14 bits per heavy atom. The van der Waals surface area contributed by atoms with Gasteiger partial charge in [-0.05, 0) is 70.8 Å². The van der Waals surface area contributed by atoms with Crippen molar-refractivity contribution >= 4 is 66.7 Å². The Kier molecular flexibility index (Phi) is 7.66. The molecule has 0 aliphatic heterocycles. The number of hydrogen-bond acceptors (Lipinski definition) is 6. The van der Waals surface area contributed by atoms with E-state index in [1.807, 2.05) is 103 Å². The minimum Gasteiger partial charge on any atom is -0.504 e. The number of aromatic hydroxyl groups is 4. The second-order valence-electron chi connectivity index (χ2n) is 13.8. The molecule has 0 atom stereocenters. The van der Waals surface area contributed by atoms with E-state index >= 15 is 0 Å². The number of fused-ring (bicyclic) bond motifs is 7. The first-order valence-corrected chi connectivity index (χ1v) is 18.4. The van der Waals surface area contributed by atoms with E-state index in [4.69, 9.17) is 16.0 Å². The first kappa shape index (κ1) is 33.2. The van der Waals surface area contributed by atoms with Crippen molar-refractivity contribution in [2.75, 3.05) is 5.32 Å². The first-order valence-electron chi connectivity index (χ1n) is 18.0. The Morgan fingerprint density at radius 1 is 0.518 bits per heavy atom. The van der Waals surface area contributed by atoms with Crippen LogP contribution in [0.4, 0.5) is 11.4 Å². The lowest BCUT2D eigenvalue weighted by Crippen LogP contribution is -1.97. The van der Waals surface area contributed by atoms with Crippen LogP contribution in [0.1, 0.15) is 0 Å². The van der Waals surface area contributed by atoms with E-state index in [2.05, 4.69) is 46.3 Å². The van der Waals surface area contributed by atoms with Crippen molar-refractivity contribution in [1.29, 1.82) is 0 Å². The fourth-order valence-electron chi connectivity index (χ4n) is 7.92. The Bertz CT molecular complexity index is 3150. The van der Waals surface area contributed by atoms with Crippen LogP contribution < -0.4 is 5.32 Å². The summed E-state index contributed by atoms with van der Waals surface area (Å²) in [6.45, 7) is 0. The molecule has 0 amide bonds. The molecule has 0 saturated carbocycles. The SMILES string of the molecule is Oc1c(O)c(O)c(-c2ccc(-c3ccccc3)cc2)c(Nc2cc(Cl)cc(-c3cc4c5ccccc5n(-c5ccccc5)c4c4c3oc3ccccc34)c2)c1O. The van der Waals surface area contributed by atoms with Crippen LogP contribution >= 0.6 is 11.6 Å². The van der Waals surface area contributed by atoms with Gasteiger partial charge in [0.25, 0.3) is 0 Å². The summed E-state index contributed by atoms with van der Waals surface area (Å²) >= 11 is 6.88. The summed E-state index contributed by atoms with van der Waals surface area (Å²) < 4.78 is 8.98. The molecule has 5 N–H and O–H groups in total. The van der Waals surface area contributed by atoms with Gasteiger partial charge in [-0.3, -0.25) is 0 Å². The summed E-state index contributed by atoms with van der Waals surface area (Å²) in [6.07, 6.45) is 0. The van der Waals surface area contributed by atoms with Crippen LogP contribution in [0.2, 0.25) is 5.02 Å². The molecule has 0 radical (unpaired) electrons. The van der Waals surface area contributed by atoms with Gasteiger partial charge >= 0.3 is 0 Å². The zero-order valence-corrected chi connectivity index (χ0v) is 30.3. The van der Waals surface area contributed by atoms with Crippen LogP contribution in [-0.4, -0.2) is 25.0 Å². The van der Waals surface area contributed by atoms with E-state index in [1.165, 1.54) is 0 Å². The maximum atomic E-state index is 11.3. The number of hydrogen-bond donors (Lipinski definition) is 5.